The van der Waals surface area contributed by atoms with Gasteiger partial charge in [-0.3, -0.25) is 14.9 Å². The molecule has 0 atom stereocenters. The van der Waals surface area contributed by atoms with Crippen LogP contribution in [-0.4, -0.2) is 44.5 Å². The molecule has 1 saturated heterocycles. The van der Waals surface area contributed by atoms with E-state index < -0.39 is 10.9 Å². The topological polar surface area (TPSA) is 106 Å². The van der Waals surface area contributed by atoms with Gasteiger partial charge in [0.25, 0.3) is 5.69 Å². The van der Waals surface area contributed by atoms with Gasteiger partial charge < -0.3 is 14.6 Å². The number of piperidine rings is 1. The predicted molar refractivity (Wildman–Crippen MR) is 68.5 cm³/mol. The molecule has 0 radical (unpaired) electrons. The van der Waals surface area contributed by atoms with Crippen molar-refractivity contribution < 1.29 is 19.6 Å². The molecule has 0 bridgehead atoms. The maximum atomic E-state index is 12.1. The standard InChI is InChI=1S/C12H15N3O5/c16-11(13-4-2-1-3-5-13)8-14-7-9(15(19)20)6-10(14)12(17)18/h6-7H,1-5,8H2,(H,17,18). The van der Waals surface area contributed by atoms with Gasteiger partial charge in [-0.2, -0.15) is 0 Å². The molecule has 0 aromatic carbocycles. The maximum Gasteiger partial charge on any atom is 0.352 e. The molecule has 1 aromatic rings. The van der Waals surface area contributed by atoms with Gasteiger partial charge >= 0.3 is 5.97 Å². The summed E-state index contributed by atoms with van der Waals surface area (Å²) in [5.74, 6) is -1.50. The van der Waals surface area contributed by atoms with Crippen molar-refractivity contribution in [2.24, 2.45) is 0 Å². The average molecular weight is 281 g/mol. The van der Waals surface area contributed by atoms with E-state index in [-0.39, 0.29) is 23.8 Å². The number of rotatable bonds is 4. The third kappa shape index (κ3) is 2.95. The highest BCUT2D eigenvalue weighted by molar-refractivity contribution is 5.88. The van der Waals surface area contributed by atoms with Gasteiger partial charge in [0.05, 0.1) is 11.1 Å². The molecule has 0 unspecified atom stereocenters. The Bertz CT molecular complexity index is 545. The van der Waals surface area contributed by atoms with Crippen molar-refractivity contribution in [3.63, 3.8) is 0 Å². The summed E-state index contributed by atoms with van der Waals surface area (Å²) in [6.45, 7) is 1.13. The van der Waals surface area contributed by atoms with Gasteiger partial charge in [0.15, 0.2) is 0 Å². The molecule has 1 fully saturated rings. The lowest BCUT2D eigenvalue weighted by Crippen LogP contribution is -2.38. The summed E-state index contributed by atoms with van der Waals surface area (Å²) in [7, 11) is 0. The van der Waals surface area contributed by atoms with E-state index in [1.165, 1.54) is 0 Å². The number of hydrogen-bond acceptors (Lipinski definition) is 4. The molecular weight excluding hydrogens is 266 g/mol. The van der Waals surface area contributed by atoms with Crippen LogP contribution in [-0.2, 0) is 11.3 Å². The van der Waals surface area contributed by atoms with Crippen molar-refractivity contribution in [3.05, 3.63) is 28.1 Å². The molecular formula is C12H15N3O5. The van der Waals surface area contributed by atoms with Crippen LogP contribution in [0.15, 0.2) is 12.3 Å². The van der Waals surface area contributed by atoms with E-state index in [1.807, 2.05) is 0 Å². The van der Waals surface area contributed by atoms with Crippen LogP contribution in [0.1, 0.15) is 29.8 Å². The van der Waals surface area contributed by atoms with Crippen LogP contribution in [0.25, 0.3) is 0 Å². The highest BCUT2D eigenvalue weighted by Gasteiger charge is 2.23. The van der Waals surface area contributed by atoms with Gasteiger partial charge in [-0.25, -0.2) is 4.79 Å². The zero-order valence-electron chi connectivity index (χ0n) is 10.8. The number of amides is 1. The molecule has 1 N–H and O–H groups in total. The molecule has 1 aliphatic heterocycles. The average Bonchev–Trinajstić information content (AvgIpc) is 2.84. The minimum Gasteiger partial charge on any atom is -0.477 e. The fourth-order valence-corrected chi connectivity index (χ4v) is 2.29. The Kier molecular flexibility index (Phi) is 4.02. The van der Waals surface area contributed by atoms with Gasteiger partial charge in [-0.15, -0.1) is 0 Å². The third-order valence-electron chi connectivity index (χ3n) is 3.33. The number of hydrogen-bond donors (Lipinski definition) is 1. The number of likely N-dealkylation sites (tertiary alicyclic amines) is 1. The van der Waals surface area contributed by atoms with E-state index in [4.69, 9.17) is 5.11 Å². The number of carboxylic acid groups (broad SMARTS) is 1. The summed E-state index contributed by atoms with van der Waals surface area (Å²) < 4.78 is 1.12. The van der Waals surface area contributed by atoms with E-state index in [2.05, 4.69) is 0 Å². The first kappa shape index (κ1) is 14.0. The van der Waals surface area contributed by atoms with Crippen molar-refractivity contribution in [1.29, 1.82) is 0 Å². The molecule has 20 heavy (non-hydrogen) atoms. The Morgan fingerprint density at radius 1 is 1.30 bits per heavy atom. The lowest BCUT2D eigenvalue weighted by atomic mass is 10.1. The molecule has 2 rings (SSSR count). The van der Waals surface area contributed by atoms with Crippen molar-refractivity contribution in [3.8, 4) is 0 Å². The molecule has 8 heteroatoms. The lowest BCUT2D eigenvalue weighted by molar-refractivity contribution is -0.384. The smallest absolute Gasteiger partial charge is 0.352 e. The van der Waals surface area contributed by atoms with Crippen molar-refractivity contribution >= 4 is 17.6 Å². The van der Waals surface area contributed by atoms with Crippen LogP contribution in [0, 0.1) is 10.1 Å². The Hall–Kier alpha value is -2.38. The zero-order chi connectivity index (χ0) is 14.7. The number of nitro groups is 1. The summed E-state index contributed by atoms with van der Waals surface area (Å²) in [4.78, 5) is 34.8. The van der Waals surface area contributed by atoms with E-state index >= 15 is 0 Å². The van der Waals surface area contributed by atoms with Crippen LogP contribution in [0.2, 0.25) is 0 Å². The first-order valence-corrected chi connectivity index (χ1v) is 6.34. The lowest BCUT2D eigenvalue weighted by Gasteiger charge is -2.26. The monoisotopic (exact) mass is 281 g/mol. The first-order valence-electron chi connectivity index (χ1n) is 6.34. The van der Waals surface area contributed by atoms with E-state index in [1.54, 1.807) is 4.90 Å². The van der Waals surface area contributed by atoms with E-state index in [0.29, 0.717) is 13.1 Å². The number of carbonyl (C=O) groups is 2. The molecule has 1 aromatic heterocycles. The summed E-state index contributed by atoms with van der Waals surface area (Å²) >= 11 is 0. The maximum absolute atomic E-state index is 12.1. The van der Waals surface area contributed by atoms with Gasteiger partial charge in [-0.1, -0.05) is 0 Å². The van der Waals surface area contributed by atoms with Gasteiger partial charge in [0, 0.05) is 19.2 Å². The fraction of sp³-hybridized carbons (Fsp3) is 0.500. The second-order valence-electron chi connectivity index (χ2n) is 4.72. The van der Waals surface area contributed by atoms with Crippen molar-refractivity contribution in [2.75, 3.05) is 13.1 Å². The number of aromatic nitrogens is 1. The van der Waals surface area contributed by atoms with Crippen LogP contribution in [0.3, 0.4) is 0 Å². The highest BCUT2D eigenvalue weighted by atomic mass is 16.6. The molecule has 0 saturated carbocycles. The zero-order valence-corrected chi connectivity index (χ0v) is 10.8. The number of carboxylic acids is 1. The van der Waals surface area contributed by atoms with E-state index in [0.717, 1.165) is 36.1 Å². The summed E-state index contributed by atoms with van der Waals surface area (Å²) in [6.07, 6.45) is 4.04. The summed E-state index contributed by atoms with van der Waals surface area (Å²) in [5, 5.41) is 19.7. The van der Waals surface area contributed by atoms with Crippen LogP contribution in [0.4, 0.5) is 5.69 Å². The fourth-order valence-electron chi connectivity index (χ4n) is 2.29. The quantitative estimate of drug-likeness (QED) is 0.657. The number of carbonyl (C=O) groups excluding carboxylic acids is 1. The molecule has 108 valence electrons. The largest absolute Gasteiger partial charge is 0.477 e. The first-order chi connectivity index (χ1) is 9.49. The summed E-state index contributed by atoms with van der Waals surface area (Å²) in [5.41, 5.74) is -0.573. The van der Waals surface area contributed by atoms with Crippen LogP contribution in [0.5, 0.6) is 0 Å². The van der Waals surface area contributed by atoms with Crippen LogP contribution >= 0.6 is 0 Å². The predicted octanol–water partition coefficient (Wildman–Crippen LogP) is 1.11. The van der Waals surface area contributed by atoms with Gasteiger partial charge in [0.1, 0.15) is 12.2 Å². The minimum atomic E-state index is -1.29. The Labute approximate surface area is 114 Å². The second-order valence-corrected chi connectivity index (χ2v) is 4.72. The second kappa shape index (κ2) is 5.72. The summed E-state index contributed by atoms with van der Waals surface area (Å²) in [6, 6.07) is 0.964. The Morgan fingerprint density at radius 2 is 1.95 bits per heavy atom. The van der Waals surface area contributed by atoms with Gasteiger partial charge in [0.2, 0.25) is 5.91 Å². The Morgan fingerprint density at radius 3 is 2.50 bits per heavy atom. The van der Waals surface area contributed by atoms with Gasteiger partial charge in [-0.05, 0) is 19.3 Å². The third-order valence-corrected chi connectivity index (χ3v) is 3.33. The Balaban J connectivity index is 2.16. The normalized spacial score (nSPS) is 15.1. The molecule has 0 aliphatic carbocycles. The highest BCUT2D eigenvalue weighted by Crippen LogP contribution is 2.17. The van der Waals surface area contributed by atoms with E-state index in [9.17, 15) is 19.7 Å². The van der Waals surface area contributed by atoms with Crippen LogP contribution < -0.4 is 0 Å². The molecule has 0 spiro atoms. The molecule has 1 amide bonds. The number of nitrogens with zero attached hydrogens (tertiary/aromatic N) is 3. The SMILES string of the molecule is O=C(O)c1cc([N+](=O)[O-])cn1CC(=O)N1CCCCC1. The van der Waals surface area contributed by atoms with Crippen molar-refractivity contribution in [1.82, 2.24) is 9.47 Å². The molecule has 1 aliphatic rings. The minimum absolute atomic E-state index is 0.185. The number of aromatic carboxylic acids is 1. The van der Waals surface area contributed by atoms with Crippen molar-refractivity contribution in [2.45, 2.75) is 25.8 Å². The molecule has 8 nitrogen and oxygen atoms in total. The molecule has 2 heterocycles.